The Balaban J connectivity index is 1.16. The molecule has 0 atom stereocenters. The fraction of sp³-hybridized carbons (Fsp3) is 0.400. The van der Waals surface area contributed by atoms with E-state index in [-0.39, 0.29) is 11.8 Å². The van der Waals surface area contributed by atoms with E-state index in [1.165, 1.54) is 0 Å². The van der Waals surface area contributed by atoms with E-state index < -0.39 is 0 Å². The lowest BCUT2D eigenvalue weighted by atomic mass is 9.82. The van der Waals surface area contributed by atoms with Gasteiger partial charge in [0.1, 0.15) is 11.5 Å². The van der Waals surface area contributed by atoms with Crippen LogP contribution in [0.25, 0.3) is 22.4 Å². The highest BCUT2D eigenvalue weighted by Gasteiger charge is 2.27. The molecule has 1 amide bonds. The highest BCUT2D eigenvalue weighted by atomic mass is 16.5. The topological polar surface area (TPSA) is 107 Å². The Morgan fingerprint density at radius 1 is 1.12 bits per heavy atom. The molecule has 0 bridgehead atoms. The van der Waals surface area contributed by atoms with E-state index in [9.17, 15) is 4.79 Å². The Morgan fingerprint density at radius 2 is 1.97 bits per heavy atom. The molecule has 3 aromatic heterocycles. The van der Waals surface area contributed by atoms with Gasteiger partial charge in [0.2, 0.25) is 5.89 Å². The molecule has 1 saturated carbocycles. The Labute approximate surface area is 191 Å². The minimum absolute atomic E-state index is 0.174. The molecular weight excluding hydrogens is 418 g/mol. The molecule has 5 rings (SSSR count). The van der Waals surface area contributed by atoms with Gasteiger partial charge in [-0.05, 0) is 49.5 Å². The summed E-state index contributed by atoms with van der Waals surface area (Å²) in [7, 11) is 0. The quantitative estimate of drug-likeness (QED) is 0.430. The van der Waals surface area contributed by atoms with Gasteiger partial charge >= 0.3 is 0 Å². The first-order valence-electron chi connectivity index (χ1n) is 11.6. The average molecular weight is 446 g/mol. The Bertz CT molecular complexity index is 1230. The van der Waals surface area contributed by atoms with Crippen LogP contribution in [0.15, 0.2) is 51.5 Å². The number of fused-ring (bicyclic) bond motifs is 1. The third-order valence-corrected chi connectivity index (χ3v) is 6.35. The fourth-order valence-corrected chi connectivity index (χ4v) is 4.51. The van der Waals surface area contributed by atoms with E-state index in [2.05, 4.69) is 32.6 Å². The van der Waals surface area contributed by atoms with E-state index in [4.69, 9.17) is 8.94 Å². The van der Waals surface area contributed by atoms with Gasteiger partial charge in [-0.1, -0.05) is 36.3 Å². The summed E-state index contributed by atoms with van der Waals surface area (Å²) in [5, 5.41) is 17.6. The summed E-state index contributed by atoms with van der Waals surface area (Å²) >= 11 is 0. The van der Waals surface area contributed by atoms with Crippen LogP contribution in [0.1, 0.15) is 67.1 Å². The summed E-state index contributed by atoms with van der Waals surface area (Å²) in [6.07, 6.45) is 7.41. The Morgan fingerprint density at radius 3 is 2.82 bits per heavy atom. The molecule has 0 unspecified atom stereocenters. The molecule has 33 heavy (non-hydrogen) atoms. The van der Waals surface area contributed by atoms with Crippen molar-refractivity contribution in [1.82, 2.24) is 25.7 Å². The van der Waals surface area contributed by atoms with Gasteiger partial charge in [0.25, 0.3) is 11.8 Å². The van der Waals surface area contributed by atoms with Crippen molar-refractivity contribution in [2.24, 2.45) is 5.92 Å². The van der Waals surface area contributed by atoms with Crippen molar-refractivity contribution in [3.8, 4) is 11.6 Å². The number of pyridine rings is 1. The van der Waals surface area contributed by atoms with E-state index in [0.29, 0.717) is 29.9 Å². The van der Waals surface area contributed by atoms with E-state index in [1.807, 2.05) is 30.3 Å². The Hall–Kier alpha value is -3.55. The lowest BCUT2D eigenvalue weighted by Crippen LogP contribution is -2.31. The smallest absolute Gasteiger partial charge is 0.273 e. The van der Waals surface area contributed by atoms with Crippen LogP contribution in [0.3, 0.4) is 0 Å². The summed E-state index contributed by atoms with van der Waals surface area (Å²) < 4.78 is 11.3. The first-order valence-corrected chi connectivity index (χ1v) is 11.6. The van der Waals surface area contributed by atoms with Crippen molar-refractivity contribution in [3.05, 3.63) is 59.9 Å². The predicted octanol–water partition coefficient (Wildman–Crippen LogP) is 4.93. The number of carbonyl (C=O) groups is 1. The van der Waals surface area contributed by atoms with Gasteiger partial charge in [0.05, 0.1) is 0 Å². The van der Waals surface area contributed by atoms with Crippen molar-refractivity contribution in [2.75, 3.05) is 6.54 Å². The highest BCUT2D eigenvalue weighted by Crippen LogP contribution is 2.36. The molecule has 1 fully saturated rings. The molecule has 0 aliphatic heterocycles. The number of rotatable bonds is 7. The number of aryl methyl sites for hydroxylation is 1. The zero-order valence-corrected chi connectivity index (χ0v) is 18.7. The molecule has 8 nitrogen and oxygen atoms in total. The minimum Gasteiger partial charge on any atom is -0.419 e. The molecule has 0 spiro atoms. The van der Waals surface area contributed by atoms with Crippen molar-refractivity contribution >= 4 is 16.7 Å². The molecule has 1 N–H and O–H groups in total. The van der Waals surface area contributed by atoms with Gasteiger partial charge in [-0.25, -0.2) is 0 Å². The van der Waals surface area contributed by atoms with Gasteiger partial charge in [-0.3, -0.25) is 9.78 Å². The van der Waals surface area contributed by atoms with Crippen LogP contribution < -0.4 is 5.32 Å². The predicted molar refractivity (Wildman–Crippen MR) is 123 cm³/mol. The van der Waals surface area contributed by atoms with Crippen molar-refractivity contribution in [1.29, 1.82) is 0 Å². The molecule has 8 heteroatoms. The SMILES string of the molecule is CCCc1cc(C(=O)NCC2CCC(c3nnc(-c4nccc5ccccc45)o3)CC2)no1. The van der Waals surface area contributed by atoms with E-state index in [1.54, 1.807) is 12.3 Å². The van der Waals surface area contributed by atoms with Gasteiger partial charge in [0, 0.05) is 36.5 Å². The number of hydrogen-bond acceptors (Lipinski definition) is 7. The summed E-state index contributed by atoms with van der Waals surface area (Å²) in [5.41, 5.74) is 1.07. The van der Waals surface area contributed by atoms with Crippen LogP contribution in [-0.4, -0.2) is 32.8 Å². The largest absolute Gasteiger partial charge is 0.419 e. The number of amides is 1. The third kappa shape index (κ3) is 4.65. The number of aromatic nitrogens is 4. The second kappa shape index (κ2) is 9.52. The zero-order chi connectivity index (χ0) is 22.6. The molecule has 1 aromatic carbocycles. The van der Waals surface area contributed by atoms with Crippen LogP contribution in [0.5, 0.6) is 0 Å². The van der Waals surface area contributed by atoms with Crippen LogP contribution in [-0.2, 0) is 6.42 Å². The number of carbonyl (C=O) groups excluding carboxylic acids is 1. The molecule has 1 aliphatic carbocycles. The summed E-state index contributed by atoms with van der Waals surface area (Å²) in [4.78, 5) is 16.8. The molecule has 3 heterocycles. The summed E-state index contributed by atoms with van der Waals surface area (Å²) in [5.74, 6) is 2.38. The van der Waals surface area contributed by atoms with Crippen LogP contribution >= 0.6 is 0 Å². The maximum Gasteiger partial charge on any atom is 0.273 e. The lowest BCUT2D eigenvalue weighted by molar-refractivity contribution is 0.0933. The number of benzene rings is 1. The molecule has 4 aromatic rings. The second-order valence-electron chi connectivity index (χ2n) is 8.68. The average Bonchev–Trinajstić information content (AvgIpc) is 3.53. The van der Waals surface area contributed by atoms with Crippen LogP contribution in [0.4, 0.5) is 0 Å². The molecule has 0 radical (unpaired) electrons. The van der Waals surface area contributed by atoms with E-state index in [0.717, 1.165) is 60.8 Å². The Kier molecular flexibility index (Phi) is 6.15. The molecule has 170 valence electrons. The fourth-order valence-electron chi connectivity index (χ4n) is 4.51. The molecule has 0 saturated heterocycles. The van der Waals surface area contributed by atoms with Crippen molar-refractivity contribution in [3.63, 3.8) is 0 Å². The van der Waals surface area contributed by atoms with Gasteiger partial charge in [-0.2, -0.15) is 0 Å². The van der Waals surface area contributed by atoms with Crippen LogP contribution in [0, 0.1) is 5.92 Å². The first-order chi connectivity index (χ1) is 16.2. The minimum atomic E-state index is -0.174. The van der Waals surface area contributed by atoms with Crippen molar-refractivity contribution in [2.45, 2.75) is 51.4 Å². The number of nitrogens with zero attached hydrogens (tertiary/aromatic N) is 4. The zero-order valence-electron chi connectivity index (χ0n) is 18.7. The first kappa shape index (κ1) is 21.3. The van der Waals surface area contributed by atoms with Crippen molar-refractivity contribution < 1.29 is 13.7 Å². The number of nitrogens with one attached hydrogen (secondary N) is 1. The number of hydrogen-bond donors (Lipinski definition) is 1. The normalized spacial score (nSPS) is 18.5. The maximum atomic E-state index is 12.3. The van der Waals surface area contributed by atoms with Gasteiger partial charge in [0.15, 0.2) is 5.69 Å². The summed E-state index contributed by atoms with van der Waals surface area (Å²) in [6, 6.07) is 11.8. The highest BCUT2D eigenvalue weighted by molar-refractivity contribution is 5.92. The second-order valence-corrected chi connectivity index (χ2v) is 8.68. The monoisotopic (exact) mass is 445 g/mol. The summed E-state index contributed by atoms with van der Waals surface area (Å²) in [6.45, 7) is 2.70. The molecule has 1 aliphatic rings. The van der Waals surface area contributed by atoms with Gasteiger partial charge < -0.3 is 14.3 Å². The van der Waals surface area contributed by atoms with Gasteiger partial charge in [-0.15, -0.1) is 10.2 Å². The lowest BCUT2D eigenvalue weighted by Gasteiger charge is -2.26. The third-order valence-electron chi connectivity index (χ3n) is 6.35. The van der Waals surface area contributed by atoms with Crippen LogP contribution in [0.2, 0.25) is 0 Å². The molecular formula is C25H27N5O3. The van der Waals surface area contributed by atoms with E-state index >= 15 is 0 Å². The maximum absolute atomic E-state index is 12.3. The standard InChI is InChI=1S/C25H27N5O3/c1-2-5-19-14-21(30-33-19)23(31)27-15-16-8-10-18(11-9-16)24-28-29-25(32-24)22-20-7-4-3-6-17(20)12-13-26-22/h3-4,6-7,12-14,16,18H,2,5,8-11,15H2,1H3,(H,27,31).